The molecule has 2 saturated carbocycles. The van der Waals surface area contributed by atoms with Gasteiger partial charge in [-0.3, -0.25) is 0 Å². The molecular formula is C14H20O4. The van der Waals surface area contributed by atoms with Gasteiger partial charge in [-0.25, -0.2) is 4.79 Å². The highest BCUT2D eigenvalue weighted by Gasteiger charge is 2.73. The van der Waals surface area contributed by atoms with E-state index in [0.29, 0.717) is 12.2 Å². The van der Waals surface area contributed by atoms with Crippen molar-refractivity contribution in [3.8, 4) is 0 Å². The molecule has 0 aromatic rings. The number of hydrogen-bond acceptors (Lipinski definition) is 4. The highest BCUT2D eigenvalue weighted by molar-refractivity contribution is 5.85. The summed E-state index contributed by atoms with van der Waals surface area (Å²) in [6.45, 7) is 2.05. The van der Waals surface area contributed by atoms with Crippen molar-refractivity contribution < 1.29 is 19.0 Å². The molecule has 0 aromatic heterocycles. The van der Waals surface area contributed by atoms with E-state index in [1.165, 1.54) is 0 Å². The van der Waals surface area contributed by atoms with E-state index in [1.54, 1.807) is 0 Å². The molecule has 0 N–H and O–H groups in total. The van der Waals surface area contributed by atoms with Crippen LogP contribution < -0.4 is 0 Å². The van der Waals surface area contributed by atoms with Crippen molar-refractivity contribution in [3.63, 3.8) is 0 Å². The van der Waals surface area contributed by atoms with Crippen LogP contribution in [-0.2, 0) is 19.0 Å². The van der Waals surface area contributed by atoms with Gasteiger partial charge in [0.15, 0.2) is 5.60 Å². The van der Waals surface area contributed by atoms with Gasteiger partial charge in [0.05, 0.1) is 12.2 Å². The van der Waals surface area contributed by atoms with E-state index in [-0.39, 0.29) is 17.7 Å². The first-order valence-electron chi connectivity index (χ1n) is 7.20. The Bertz CT molecular complexity index is 391. The Morgan fingerprint density at radius 3 is 2.83 bits per heavy atom. The van der Waals surface area contributed by atoms with E-state index >= 15 is 0 Å². The maximum Gasteiger partial charge on any atom is 0.341 e. The van der Waals surface area contributed by atoms with Gasteiger partial charge >= 0.3 is 5.97 Å². The lowest BCUT2D eigenvalue weighted by Gasteiger charge is -2.25. The molecule has 4 heteroatoms. The normalized spacial score (nSPS) is 53.1. The van der Waals surface area contributed by atoms with Crippen LogP contribution in [0.1, 0.15) is 51.9 Å². The van der Waals surface area contributed by atoms with Gasteiger partial charge in [0.2, 0.25) is 0 Å². The highest BCUT2D eigenvalue weighted by Crippen LogP contribution is 2.58. The number of hydrogen-bond donors (Lipinski definition) is 0. The fourth-order valence-electron chi connectivity index (χ4n) is 3.84. The summed E-state index contributed by atoms with van der Waals surface area (Å²) in [5, 5.41) is 0. The highest BCUT2D eigenvalue weighted by atomic mass is 16.7. The van der Waals surface area contributed by atoms with Crippen LogP contribution in [0.15, 0.2) is 0 Å². The summed E-state index contributed by atoms with van der Waals surface area (Å²) >= 11 is 0. The Morgan fingerprint density at radius 1 is 1.22 bits per heavy atom. The summed E-state index contributed by atoms with van der Waals surface area (Å²) in [4.78, 5) is 12.4. The van der Waals surface area contributed by atoms with Gasteiger partial charge in [0, 0.05) is 6.42 Å². The van der Waals surface area contributed by atoms with Crippen molar-refractivity contribution >= 4 is 5.97 Å². The predicted molar refractivity (Wildman–Crippen MR) is 63.1 cm³/mol. The summed E-state index contributed by atoms with van der Waals surface area (Å²) < 4.78 is 16.9. The Kier molecular flexibility index (Phi) is 2.17. The Morgan fingerprint density at radius 2 is 2.06 bits per heavy atom. The zero-order valence-corrected chi connectivity index (χ0v) is 10.8. The molecule has 0 radical (unpaired) electrons. The first kappa shape index (κ1) is 11.2. The Labute approximate surface area is 107 Å². The van der Waals surface area contributed by atoms with Crippen LogP contribution >= 0.6 is 0 Å². The van der Waals surface area contributed by atoms with Gasteiger partial charge in [-0.15, -0.1) is 0 Å². The lowest BCUT2D eigenvalue weighted by molar-refractivity contribution is -0.157. The summed E-state index contributed by atoms with van der Waals surface area (Å²) in [6.07, 6.45) is 7.76. The third kappa shape index (κ3) is 1.48. The number of epoxide rings is 2. The smallest absolute Gasteiger partial charge is 0.341 e. The minimum absolute atomic E-state index is 0.0472. The van der Waals surface area contributed by atoms with Crippen LogP contribution in [0.2, 0.25) is 0 Å². The summed E-state index contributed by atoms with van der Waals surface area (Å²) in [5.74, 6) is -0.117. The lowest BCUT2D eigenvalue weighted by atomic mass is 9.80. The number of carbonyl (C=O) groups excluding carboxylic acids is 1. The number of fused-ring (bicyclic) bond motifs is 2. The summed E-state index contributed by atoms with van der Waals surface area (Å²) in [6, 6.07) is 0. The van der Waals surface area contributed by atoms with Crippen LogP contribution in [0.4, 0.5) is 0 Å². The minimum Gasteiger partial charge on any atom is -0.460 e. The molecule has 0 aromatic carbocycles. The molecule has 4 fully saturated rings. The van der Waals surface area contributed by atoms with Crippen molar-refractivity contribution in [2.24, 2.45) is 0 Å². The number of carbonyl (C=O) groups is 1. The van der Waals surface area contributed by atoms with E-state index < -0.39 is 5.60 Å². The van der Waals surface area contributed by atoms with Gasteiger partial charge in [0.1, 0.15) is 11.7 Å². The van der Waals surface area contributed by atoms with E-state index in [0.717, 1.165) is 44.9 Å². The van der Waals surface area contributed by atoms with Crippen molar-refractivity contribution in [2.75, 3.05) is 0 Å². The van der Waals surface area contributed by atoms with Crippen molar-refractivity contribution in [1.29, 1.82) is 0 Å². The minimum atomic E-state index is -0.605. The predicted octanol–water partition coefficient (Wildman–Crippen LogP) is 1.95. The zero-order valence-electron chi connectivity index (χ0n) is 10.8. The molecule has 4 nitrogen and oxygen atoms in total. The average Bonchev–Trinajstić information content (AvgIpc) is 3.20. The number of rotatable bonds is 2. The van der Waals surface area contributed by atoms with Crippen molar-refractivity contribution in [2.45, 2.75) is 81.4 Å². The van der Waals surface area contributed by atoms with Crippen LogP contribution in [0.5, 0.6) is 0 Å². The second kappa shape index (κ2) is 3.48. The van der Waals surface area contributed by atoms with Crippen LogP contribution in [0, 0.1) is 0 Å². The summed E-state index contributed by atoms with van der Waals surface area (Å²) in [5.41, 5.74) is -0.845. The maximum absolute atomic E-state index is 12.4. The third-order valence-corrected chi connectivity index (χ3v) is 5.20. The van der Waals surface area contributed by atoms with Gasteiger partial charge in [-0.1, -0.05) is 6.42 Å². The maximum atomic E-state index is 12.4. The molecule has 2 aliphatic carbocycles. The topological polar surface area (TPSA) is 51.4 Å². The molecule has 5 atom stereocenters. The van der Waals surface area contributed by atoms with Crippen LogP contribution in [0.3, 0.4) is 0 Å². The Hall–Kier alpha value is -0.610. The molecule has 4 aliphatic rings. The quantitative estimate of drug-likeness (QED) is 0.557. The molecule has 2 saturated heterocycles. The summed E-state index contributed by atoms with van der Waals surface area (Å²) in [7, 11) is 0. The van der Waals surface area contributed by atoms with Gasteiger partial charge in [-0.2, -0.15) is 0 Å². The lowest BCUT2D eigenvalue weighted by Crippen LogP contribution is -2.39. The van der Waals surface area contributed by atoms with E-state index in [1.807, 2.05) is 6.92 Å². The van der Waals surface area contributed by atoms with Gasteiger partial charge in [-0.05, 0) is 39.0 Å². The van der Waals surface area contributed by atoms with Crippen LogP contribution in [0.25, 0.3) is 0 Å². The molecule has 5 unspecified atom stereocenters. The number of ether oxygens (including phenoxy) is 3. The number of esters is 1. The average molecular weight is 252 g/mol. The van der Waals surface area contributed by atoms with Gasteiger partial charge in [0.25, 0.3) is 0 Å². The molecule has 18 heavy (non-hydrogen) atoms. The molecule has 0 bridgehead atoms. The van der Waals surface area contributed by atoms with E-state index in [2.05, 4.69) is 0 Å². The van der Waals surface area contributed by atoms with Crippen molar-refractivity contribution in [3.05, 3.63) is 0 Å². The molecule has 100 valence electrons. The molecule has 2 aliphatic heterocycles. The third-order valence-electron chi connectivity index (χ3n) is 5.20. The van der Waals surface area contributed by atoms with Gasteiger partial charge < -0.3 is 14.2 Å². The molecular weight excluding hydrogens is 232 g/mol. The second-order valence-corrected chi connectivity index (χ2v) is 6.42. The zero-order chi connectivity index (χ0) is 12.4. The SMILES string of the molecule is CC12CCCCC1(C(=O)OC1CCC3OC3C1)O2. The monoisotopic (exact) mass is 252 g/mol. The molecule has 4 rings (SSSR count). The largest absolute Gasteiger partial charge is 0.460 e. The van der Waals surface area contributed by atoms with E-state index in [9.17, 15) is 4.79 Å². The van der Waals surface area contributed by atoms with E-state index in [4.69, 9.17) is 14.2 Å². The van der Waals surface area contributed by atoms with Crippen molar-refractivity contribution in [1.82, 2.24) is 0 Å². The second-order valence-electron chi connectivity index (χ2n) is 6.42. The van der Waals surface area contributed by atoms with Crippen LogP contribution in [-0.4, -0.2) is 35.5 Å². The molecule has 0 spiro atoms. The fourth-order valence-corrected chi connectivity index (χ4v) is 3.84. The Balaban J connectivity index is 1.41. The molecule has 2 heterocycles. The molecule has 0 amide bonds. The standard InChI is InChI=1S/C14H20O4/c1-13-6-2-3-7-14(13,18-13)12(15)16-9-4-5-10-11(8-9)17-10/h9-11H,2-8H2,1H3. The first-order chi connectivity index (χ1) is 8.63. The fraction of sp³-hybridized carbons (Fsp3) is 0.929. The first-order valence-corrected chi connectivity index (χ1v) is 7.20.